The molecule has 5 fully saturated rings. The number of esters is 4. The lowest BCUT2D eigenvalue weighted by Crippen LogP contribution is -2.45. The van der Waals surface area contributed by atoms with E-state index in [0.29, 0.717) is 59.3 Å². The van der Waals surface area contributed by atoms with Crippen molar-refractivity contribution in [3.63, 3.8) is 0 Å². The SMILES string of the molecule is CC(C)[Si](C)(C)CCCCC(=O)[C@H]1OCCOCCO[C@H](C)[C@@H](C)OCCOCCO[C@@H]1C.O=C(O)[C@H]1OCCOCCO[C@H](C(=O)O)[C@@H](C(=O)O)OCCOCCO[C@@H]1C(=O)O.O=C1OC(=O)[C@H]2OCCOCCO[C@@H]3C(=O)OC(=O)[C@H]3OCCOCCOC12. The van der Waals surface area contributed by atoms with Crippen molar-refractivity contribution < 1.29 is 158 Å². The third kappa shape index (κ3) is 31.4. The Morgan fingerprint density at radius 2 is 0.582 bits per heavy atom. The van der Waals surface area contributed by atoms with Crippen LogP contribution in [-0.4, -0.2) is 314 Å². The fourth-order valence-electron chi connectivity index (χ4n) is 8.46. The summed E-state index contributed by atoms with van der Waals surface area (Å²) in [7, 11) is -1.19. The monoisotopic (exact) mass is 1330 g/mol. The Morgan fingerprint density at radius 1 is 0.352 bits per heavy atom. The van der Waals surface area contributed by atoms with E-state index in [1.807, 2.05) is 20.8 Å². The Balaban J connectivity index is 0.000000357. The number of unbranched alkanes of at least 4 members (excludes halogenated alkanes) is 1. The lowest BCUT2D eigenvalue weighted by atomic mass is 10.1. The molecule has 0 amide bonds. The second-order valence-corrected chi connectivity index (χ2v) is 27.3. The van der Waals surface area contributed by atoms with Crippen molar-refractivity contribution in [2.75, 3.05) is 159 Å². The first-order valence-electron chi connectivity index (χ1n) is 30.3. The Morgan fingerprint density at radius 3 is 0.835 bits per heavy atom. The molecule has 5 rings (SSSR count). The number of carbonyl (C=O) groups excluding carboxylic acids is 5. The van der Waals surface area contributed by atoms with E-state index in [1.54, 1.807) is 0 Å². The number of Topliss-reactive ketones (excluding diaryl/α,β-unsaturated/α-hetero) is 1. The standard InChI is InChI=1S/C25H50O7Si.C16H24O14.C16H20O12/c1-20(2)33(6,7)19-9-8-10-24(26)25-23(5)31-17-13-27-11-15-29-21(3)22(4)30-16-12-28-14-18-32-25;17-13(18)9-10(14(19)20)29-7-3-26-4-8-30-12(16(23)24)11(15(21)22)28-6-2-25-1-5-27-9;17-13-9-10(14(18)27-13)25-7-3-22-4-8-26-12-11(15(19)28-16(12)20)24-6-2-21-1-5-23-9/h20-23,25H,8-19H2,1-7H3;9-12H,1-8H2,(H,17,18)(H,19,20)(H,21,22)(H,23,24);9-12H,1-8H2/t21-,22-,23-,25+;9-,10-,11-,12-;9-,10-,11-,12?/m100/s1. The molecule has 0 saturated carbocycles. The zero-order chi connectivity index (χ0) is 67.1. The van der Waals surface area contributed by atoms with Gasteiger partial charge in [0.05, 0.1) is 177 Å². The first kappa shape index (κ1) is 80.6. The summed E-state index contributed by atoms with van der Waals surface area (Å²) in [6.45, 7) is 17.4. The lowest BCUT2D eigenvalue weighted by Gasteiger charge is -2.27. The normalized spacial score (nSPS) is 30.1. The van der Waals surface area contributed by atoms with Gasteiger partial charge in [0.2, 0.25) is 0 Å². The van der Waals surface area contributed by atoms with Gasteiger partial charge in [-0.1, -0.05) is 44.9 Å². The topological polar surface area (TPSA) is 419 Å². The molecule has 0 bridgehead atoms. The van der Waals surface area contributed by atoms with E-state index in [4.69, 9.17) is 85.3 Å². The predicted molar refractivity (Wildman–Crippen MR) is 308 cm³/mol. The molecule has 33 nitrogen and oxygen atoms in total. The number of hydrogen-bond acceptors (Lipinski definition) is 29. The van der Waals surface area contributed by atoms with Crippen LogP contribution in [0, 0.1) is 0 Å². The summed E-state index contributed by atoms with van der Waals surface area (Å²) in [6.07, 6.45) is -10.3. The molecule has 34 heteroatoms. The average molecular weight is 1340 g/mol. The molecule has 524 valence electrons. The van der Waals surface area contributed by atoms with Crippen LogP contribution in [0.1, 0.15) is 53.9 Å². The second kappa shape index (κ2) is 45.6. The van der Waals surface area contributed by atoms with Crippen LogP contribution in [0.3, 0.4) is 0 Å². The summed E-state index contributed by atoms with van der Waals surface area (Å²) in [5.74, 6) is -9.35. The molecule has 1 unspecified atom stereocenters. The quantitative estimate of drug-likeness (QED) is 0.0925. The highest BCUT2D eigenvalue weighted by Gasteiger charge is 2.48. The summed E-state index contributed by atoms with van der Waals surface area (Å²) >= 11 is 0. The Hall–Kier alpha value is -4.67. The van der Waals surface area contributed by atoms with Crippen LogP contribution in [0.25, 0.3) is 0 Å². The summed E-state index contributed by atoms with van der Waals surface area (Å²) in [4.78, 5) is 105. The highest BCUT2D eigenvalue weighted by atomic mass is 28.3. The molecule has 12 atom stereocenters. The van der Waals surface area contributed by atoms with Gasteiger partial charge >= 0.3 is 47.8 Å². The molecular weight excluding hydrogens is 1240 g/mol. The highest BCUT2D eigenvalue weighted by Crippen LogP contribution is 2.27. The summed E-state index contributed by atoms with van der Waals surface area (Å²) in [6, 6.07) is 1.25. The van der Waals surface area contributed by atoms with Crippen LogP contribution in [0.4, 0.5) is 0 Å². The van der Waals surface area contributed by atoms with E-state index in [-0.39, 0.29) is 130 Å². The van der Waals surface area contributed by atoms with E-state index in [9.17, 15) is 63.6 Å². The minimum absolute atomic E-state index is 0.000894. The first-order valence-corrected chi connectivity index (χ1v) is 33.6. The van der Waals surface area contributed by atoms with E-state index >= 15 is 0 Å². The number of ketones is 1. The smallest absolute Gasteiger partial charge is 0.346 e. The van der Waals surface area contributed by atoms with E-state index in [2.05, 4.69) is 36.4 Å². The molecule has 0 aliphatic carbocycles. The van der Waals surface area contributed by atoms with Crippen molar-refractivity contribution >= 4 is 61.6 Å². The van der Waals surface area contributed by atoms with Gasteiger partial charge in [-0.15, -0.1) is 0 Å². The molecule has 5 aliphatic heterocycles. The number of carbonyl (C=O) groups is 9. The molecule has 91 heavy (non-hydrogen) atoms. The maximum atomic E-state index is 13.0. The number of carboxylic acid groups (broad SMARTS) is 4. The highest BCUT2D eigenvalue weighted by molar-refractivity contribution is 6.78. The fourth-order valence-corrected chi connectivity index (χ4v) is 10.2. The van der Waals surface area contributed by atoms with E-state index in [0.717, 1.165) is 18.4 Å². The number of ether oxygens (including phenoxy) is 20. The van der Waals surface area contributed by atoms with Gasteiger partial charge in [0, 0.05) is 14.5 Å². The number of cyclic esters (lactones) is 4. The fraction of sp³-hybridized carbons (Fsp3) is 0.842. The number of hydrogen-bond donors (Lipinski definition) is 4. The van der Waals surface area contributed by atoms with Gasteiger partial charge in [-0.3, -0.25) is 4.79 Å². The Kier molecular flexibility index (Phi) is 40.4. The Labute approximate surface area is 528 Å². The van der Waals surface area contributed by atoms with Crippen LogP contribution in [-0.2, 0) is 138 Å². The maximum absolute atomic E-state index is 13.0. The maximum Gasteiger partial charge on any atom is 0.346 e. The van der Waals surface area contributed by atoms with Crippen LogP contribution < -0.4 is 0 Å². The minimum atomic E-state index is -1.79. The molecule has 0 aromatic rings. The minimum Gasteiger partial charge on any atom is -0.479 e. The summed E-state index contributed by atoms with van der Waals surface area (Å²) in [5.41, 5.74) is 0.762. The molecule has 0 radical (unpaired) electrons. The van der Waals surface area contributed by atoms with Gasteiger partial charge in [-0.05, 0) is 27.2 Å². The van der Waals surface area contributed by atoms with Gasteiger partial charge in [0.1, 0.15) is 6.10 Å². The van der Waals surface area contributed by atoms with E-state index < -0.39 is 111 Å². The van der Waals surface area contributed by atoms with Crippen LogP contribution in [0.15, 0.2) is 0 Å². The predicted octanol–water partition coefficient (Wildman–Crippen LogP) is 0.145. The van der Waals surface area contributed by atoms with Crippen molar-refractivity contribution in [3.05, 3.63) is 0 Å². The number of carboxylic acids is 4. The van der Waals surface area contributed by atoms with Gasteiger partial charge in [-0.25, -0.2) is 38.4 Å². The number of rotatable bonds is 11. The van der Waals surface area contributed by atoms with Crippen molar-refractivity contribution in [2.24, 2.45) is 0 Å². The zero-order valence-electron chi connectivity index (χ0n) is 52.9. The van der Waals surface area contributed by atoms with Gasteiger partial charge < -0.3 is 115 Å². The molecule has 5 heterocycles. The van der Waals surface area contributed by atoms with Gasteiger partial charge in [0.15, 0.2) is 54.6 Å². The van der Waals surface area contributed by atoms with Gasteiger partial charge in [0.25, 0.3) is 0 Å². The van der Waals surface area contributed by atoms with Gasteiger partial charge in [-0.2, -0.15) is 0 Å². The molecular formula is C57H94O33Si. The second-order valence-electron chi connectivity index (χ2n) is 21.7. The van der Waals surface area contributed by atoms with Crippen LogP contribution >= 0.6 is 0 Å². The zero-order valence-corrected chi connectivity index (χ0v) is 53.9. The van der Waals surface area contributed by atoms with Crippen molar-refractivity contribution in [3.8, 4) is 0 Å². The number of aliphatic carboxylic acids is 4. The molecule has 0 spiro atoms. The average Bonchev–Trinajstić information content (AvgIpc) is 2.29. The lowest BCUT2D eigenvalue weighted by molar-refractivity contribution is -0.183. The third-order valence-corrected chi connectivity index (χ3v) is 19.2. The molecule has 5 saturated heterocycles. The van der Waals surface area contributed by atoms with Crippen LogP contribution in [0.2, 0.25) is 24.7 Å². The largest absolute Gasteiger partial charge is 0.479 e. The van der Waals surface area contributed by atoms with Crippen molar-refractivity contribution in [1.29, 1.82) is 0 Å². The molecule has 4 N–H and O–H groups in total. The summed E-state index contributed by atoms with van der Waals surface area (Å²) in [5, 5.41) is 36.7. The molecule has 0 aromatic heterocycles. The van der Waals surface area contributed by atoms with Crippen molar-refractivity contribution in [2.45, 2.75) is 152 Å². The summed E-state index contributed by atoms with van der Waals surface area (Å²) < 4.78 is 106. The van der Waals surface area contributed by atoms with Crippen LogP contribution in [0.5, 0.6) is 0 Å². The Bertz CT molecular complexity index is 1970. The van der Waals surface area contributed by atoms with E-state index in [1.165, 1.54) is 6.04 Å². The first-order chi connectivity index (χ1) is 43.5. The molecule has 5 aliphatic rings. The third-order valence-electron chi connectivity index (χ3n) is 14.4. The molecule has 0 aromatic carbocycles. The van der Waals surface area contributed by atoms with Crippen molar-refractivity contribution in [1.82, 2.24) is 0 Å². The number of fused-ring (bicyclic) bond motifs is 2.